The number of carbonyl (C=O) groups excluding carboxylic acids is 4. The van der Waals surface area contributed by atoms with Crippen LogP contribution >= 0.6 is 15.9 Å². The lowest BCUT2D eigenvalue weighted by atomic mass is 9.90. The van der Waals surface area contributed by atoms with Crippen LogP contribution < -0.4 is 0 Å². The Balaban J connectivity index is 2.82. The van der Waals surface area contributed by atoms with E-state index < -0.39 is 30.1 Å². The first-order valence-electron chi connectivity index (χ1n) is 7.81. The molecule has 0 aliphatic carbocycles. The molecule has 1 unspecified atom stereocenters. The van der Waals surface area contributed by atoms with Gasteiger partial charge in [0.1, 0.15) is 0 Å². The van der Waals surface area contributed by atoms with Crippen molar-refractivity contribution in [3.05, 3.63) is 28.5 Å². The second-order valence-electron chi connectivity index (χ2n) is 5.25. The Kier molecular flexibility index (Phi) is 8.98. The minimum Gasteiger partial charge on any atom is -0.466 e. The molecular formula is C17H20BrNO6. The van der Waals surface area contributed by atoms with Gasteiger partial charge in [-0.2, -0.15) is 0 Å². The van der Waals surface area contributed by atoms with Gasteiger partial charge in [-0.1, -0.05) is 0 Å². The molecule has 8 heteroatoms. The lowest BCUT2D eigenvalue weighted by molar-refractivity contribution is -0.146. The highest BCUT2D eigenvalue weighted by Crippen LogP contribution is 2.19. The fourth-order valence-corrected chi connectivity index (χ4v) is 2.51. The summed E-state index contributed by atoms with van der Waals surface area (Å²) in [6.45, 7) is 2.68. The van der Waals surface area contributed by atoms with Crippen molar-refractivity contribution >= 4 is 39.4 Å². The minimum atomic E-state index is -1.01. The van der Waals surface area contributed by atoms with Crippen LogP contribution in [0.5, 0.6) is 0 Å². The molecule has 1 aromatic heterocycles. The highest BCUT2D eigenvalue weighted by molar-refractivity contribution is 9.10. The van der Waals surface area contributed by atoms with Crippen LogP contribution in [0.3, 0.4) is 0 Å². The summed E-state index contributed by atoms with van der Waals surface area (Å²) in [6, 6.07) is 1.56. The molecule has 0 fully saturated rings. The topological polar surface area (TPSA) is 99.6 Å². The van der Waals surface area contributed by atoms with Crippen molar-refractivity contribution < 1.29 is 28.7 Å². The molecule has 0 saturated carbocycles. The van der Waals surface area contributed by atoms with Gasteiger partial charge >= 0.3 is 11.9 Å². The van der Waals surface area contributed by atoms with Crippen LogP contribution in [0.1, 0.15) is 43.5 Å². The highest BCUT2D eigenvalue weighted by Gasteiger charge is 2.28. The summed E-state index contributed by atoms with van der Waals surface area (Å²) in [5.74, 6) is -2.93. The Labute approximate surface area is 154 Å². The van der Waals surface area contributed by atoms with E-state index in [9.17, 15) is 19.2 Å². The molecule has 0 aliphatic rings. The molecule has 0 aromatic carbocycles. The number of Topliss-reactive ketones (excluding diaryl/α,β-unsaturated/α-hetero) is 2. The van der Waals surface area contributed by atoms with E-state index in [1.807, 2.05) is 0 Å². The molecule has 136 valence electrons. The van der Waals surface area contributed by atoms with E-state index in [4.69, 9.17) is 9.47 Å². The quantitative estimate of drug-likeness (QED) is 0.330. The predicted molar refractivity (Wildman–Crippen MR) is 91.9 cm³/mol. The van der Waals surface area contributed by atoms with Crippen LogP contribution in [-0.2, 0) is 23.9 Å². The van der Waals surface area contributed by atoms with Crippen molar-refractivity contribution in [2.75, 3.05) is 13.2 Å². The zero-order chi connectivity index (χ0) is 18.8. The molecule has 0 spiro atoms. The summed E-state index contributed by atoms with van der Waals surface area (Å²) in [5, 5.41) is 0. The second-order valence-corrected chi connectivity index (χ2v) is 6.17. The summed E-state index contributed by atoms with van der Waals surface area (Å²) in [5.41, 5.74) is 0.270. The third-order valence-electron chi connectivity index (χ3n) is 3.29. The fraction of sp³-hybridized carbons (Fsp3) is 0.471. The second kappa shape index (κ2) is 10.7. The predicted octanol–water partition coefficient (Wildman–Crippen LogP) is 2.51. The summed E-state index contributed by atoms with van der Waals surface area (Å²) >= 11 is 3.23. The number of aromatic nitrogens is 1. The SMILES string of the molecule is CCOC(=O)CCCC(C(=O)COC(C)=O)C(=O)c1cncc(Br)c1. The third kappa shape index (κ3) is 7.55. The molecule has 0 bridgehead atoms. The fourth-order valence-electron chi connectivity index (χ4n) is 2.14. The van der Waals surface area contributed by atoms with Gasteiger partial charge in [0.05, 0.1) is 12.5 Å². The van der Waals surface area contributed by atoms with Gasteiger partial charge in [0, 0.05) is 35.8 Å². The van der Waals surface area contributed by atoms with E-state index in [0.29, 0.717) is 10.9 Å². The summed E-state index contributed by atoms with van der Waals surface area (Å²) in [6.07, 6.45) is 3.46. The Morgan fingerprint density at radius 2 is 1.92 bits per heavy atom. The van der Waals surface area contributed by atoms with E-state index in [0.717, 1.165) is 0 Å². The Morgan fingerprint density at radius 1 is 1.20 bits per heavy atom. The van der Waals surface area contributed by atoms with Gasteiger partial charge in [-0.25, -0.2) is 0 Å². The van der Waals surface area contributed by atoms with Crippen LogP contribution in [0.2, 0.25) is 0 Å². The monoisotopic (exact) mass is 413 g/mol. The van der Waals surface area contributed by atoms with Crippen molar-refractivity contribution in [1.82, 2.24) is 4.98 Å². The lowest BCUT2D eigenvalue weighted by Gasteiger charge is -2.14. The maximum absolute atomic E-state index is 12.6. The standard InChI is InChI=1S/C17H20BrNO6/c1-3-24-16(22)6-4-5-14(15(21)10-25-11(2)20)17(23)12-7-13(18)9-19-8-12/h7-9,14H,3-6,10H2,1-2H3. The van der Waals surface area contributed by atoms with Gasteiger partial charge < -0.3 is 9.47 Å². The van der Waals surface area contributed by atoms with E-state index in [1.165, 1.54) is 19.3 Å². The molecule has 1 heterocycles. The minimum absolute atomic E-state index is 0.106. The highest BCUT2D eigenvalue weighted by atomic mass is 79.9. The Bertz CT molecular complexity index is 646. The molecule has 0 N–H and O–H groups in total. The number of ketones is 2. The van der Waals surface area contributed by atoms with Crippen molar-refractivity contribution in [2.45, 2.75) is 33.1 Å². The van der Waals surface area contributed by atoms with Crippen LogP contribution in [0, 0.1) is 5.92 Å². The maximum atomic E-state index is 12.6. The number of nitrogens with zero attached hydrogens (tertiary/aromatic N) is 1. The summed E-state index contributed by atoms with van der Waals surface area (Å²) in [4.78, 5) is 51.2. The maximum Gasteiger partial charge on any atom is 0.305 e. The average Bonchev–Trinajstić information content (AvgIpc) is 2.56. The Morgan fingerprint density at radius 3 is 2.52 bits per heavy atom. The molecule has 1 aromatic rings. The molecule has 0 aliphatic heterocycles. The number of halogens is 1. The van der Waals surface area contributed by atoms with Crippen molar-refractivity contribution in [2.24, 2.45) is 5.92 Å². The largest absolute Gasteiger partial charge is 0.466 e. The van der Waals surface area contributed by atoms with Gasteiger partial charge in [-0.05, 0) is 41.8 Å². The zero-order valence-corrected chi connectivity index (χ0v) is 15.7. The third-order valence-corrected chi connectivity index (χ3v) is 3.72. The summed E-state index contributed by atoms with van der Waals surface area (Å²) in [7, 11) is 0. The van der Waals surface area contributed by atoms with Crippen molar-refractivity contribution in [3.63, 3.8) is 0 Å². The van der Waals surface area contributed by atoms with Gasteiger partial charge in [-0.15, -0.1) is 0 Å². The molecule has 1 rings (SSSR count). The average molecular weight is 414 g/mol. The van der Waals surface area contributed by atoms with Crippen LogP contribution in [0.25, 0.3) is 0 Å². The Hall–Kier alpha value is -2.09. The van der Waals surface area contributed by atoms with Crippen LogP contribution in [-0.4, -0.2) is 41.7 Å². The number of hydrogen-bond acceptors (Lipinski definition) is 7. The molecule has 0 radical (unpaired) electrons. The number of rotatable bonds is 10. The van der Waals surface area contributed by atoms with E-state index >= 15 is 0 Å². The molecule has 0 amide bonds. The first-order chi connectivity index (χ1) is 11.8. The molecular weight excluding hydrogens is 394 g/mol. The van der Waals surface area contributed by atoms with Gasteiger partial charge in [0.2, 0.25) is 0 Å². The normalized spacial score (nSPS) is 11.5. The van der Waals surface area contributed by atoms with Crippen LogP contribution in [0.4, 0.5) is 0 Å². The summed E-state index contributed by atoms with van der Waals surface area (Å²) < 4.78 is 10.1. The van der Waals surface area contributed by atoms with Gasteiger partial charge in [0.25, 0.3) is 0 Å². The van der Waals surface area contributed by atoms with E-state index in [-0.39, 0.29) is 31.0 Å². The number of esters is 2. The van der Waals surface area contributed by atoms with E-state index in [1.54, 1.807) is 13.0 Å². The first-order valence-corrected chi connectivity index (χ1v) is 8.60. The zero-order valence-electron chi connectivity index (χ0n) is 14.1. The van der Waals surface area contributed by atoms with Gasteiger partial charge in [-0.3, -0.25) is 24.2 Å². The lowest BCUT2D eigenvalue weighted by Crippen LogP contribution is -2.29. The number of hydrogen-bond donors (Lipinski definition) is 0. The smallest absolute Gasteiger partial charge is 0.305 e. The number of carbonyl (C=O) groups is 4. The van der Waals surface area contributed by atoms with Crippen LogP contribution in [0.15, 0.2) is 22.9 Å². The van der Waals surface area contributed by atoms with Crippen molar-refractivity contribution in [3.8, 4) is 0 Å². The van der Waals surface area contributed by atoms with Gasteiger partial charge in [0.15, 0.2) is 18.2 Å². The number of ether oxygens (including phenoxy) is 2. The molecule has 1 atom stereocenters. The number of pyridine rings is 1. The first kappa shape index (κ1) is 21.0. The van der Waals surface area contributed by atoms with E-state index in [2.05, 4.69) is 20.9 Å². The molecule has 7 nitrogen and oxygen atoms in total. The van der Waals surface area contributed by atoms with Crippen molar-refractivity contribution in [1.29, 1.82) is 0 Å². The molecule has 25 heavy (non-hydrogen) atoms. The molecule has 0 saturated heterocycles.